The van der Waals surface area contributed by atoms with Crippen molar-refractivity contribution in [2.75, 3.05) is 18.9 Å². The number of para-hydroxylation sites is 1. The summed E-state index contributed by atoms with van der Waals surface area (Å²) in [5.74, 6) is 0.570. The number of nitrogen functional groups attached to an aromatic ring is 1. The highest BCUT2D eigenvalue weighted by Crippen LogP contribution is 2.19. The zero-order valence-electron chi connectivity index (χ0n) is 10.8. The molecule has 104 valence electrons. The molecule has 3 N–H and O–H groups in total. The van der Waals surface area contributed by atoms with Gasteiger partial charge in [0.25, 0.3) is 5.91 Å². The number of hydrogen-bond donors (Lipinski definition) is 2. The lowest BCUT2D eigenvalue weighted by atomic mass is 10.2. The molecule has 0 fully saturated rings. The largest absolute Gasteiger partial charge is 0.492 e. The maximum atomic E-state index is 11.9. The Kier molecular flexibility index (Phi) is 4.85. The van der Waals surface area contributed by atoms with Gasteiger partial charge in [0.2, 0.25) is 0 Å². The van der Waals surface area contributed by atoms with Crippen LogP contribution < -0.4 is 15.8 Å². The maximum Gasteiger partial charge on any atom is 0.251 e. The fourth-order valence-electron chi connectivity index (χ4n) is 1.62. The SMILES string of the molecule is Nc1ccc(C(=O)NCCOc2ccccc2)cc1Cl. The summed E-state index contributed by atoms with van der Waals surface area (Å²) >= 11 is 5.87. The fourth-order valence-corrected chi connectivity index (χ4v) is 1.80. The van der Waals surface area contributed by atoms with Gasteiger partial charge in [-0.25, -0.2) is 0 Å². The standard InChI is InChI=1S/C15H15ClN2O2/c16-13-10-11(6-7-14(13)17)15(19)18-8-9-20-12-4-2-1-3-5-12/h1-7,10H,8-9,17H2,(H,18,19). The summed E-state index contributed by atoms with van der Waals surface area (Å²) in [7, 11) is 0. The molecule has 2 aromatic rings. The third-order valence-electron chi connectivity index (χ3n) is 2.66. The van der Waals surface area contributed by atoms with E-state index >= 15 is 0 Å². The van der Waals surface area contributed by atoms with Crippen LogP contribution in [0.25, 0.3) is 0 Å². The molecule has 2 rings (SSSR count). The van der Waals surface area contributed by atoms with Crippen LogP contribution in [0.5, 0.6) is 5.75 Å². The Morgan fingerprint density at radius 1 is 1.20 bits per heavy atom. The fraction of sp³-hybridized carbons (Fsp3) is 0.133. The number of amides is 1. The van der Waals surface area contributed by atoms with E-state index in [0.29, 0.717) is 29.4 Å². The molecule has 5 heteroatoms. The minimum Gasteiger partial charge on any atom is -0.492 e. The summed E-state index contributed by atoms with van der Waals surface area (Å²) in [6.45, 7) is 0.814. The van der Waals surface area contributed by atoms with Crippen molar-refractivity contribution in [1.29, 1.82) is 0 Å². The first-order chi connectivity index (χ1) is 9.66. The molecule has 0 heterocycles. The molecule has 0 radical (unpaired) electrons. The summed E-state index contributed by atoms with van der Waals surface area (Å²) in [4.78, 5) is 11.9. The van der Waals surface area contributed by atoms with Crippen molar-refractivity contribution in [3.63, 3.8) is 0 Å². The second-order valence-electron chi connectivity index (χ2n) is 4.15. The van der Waals surface area contributed by atoms with Crippen LogP contribution in [0.15, 0.2) is 48.5 Å². The lowest BCUT2D eigenvalue weighted by Gasteiger charge is -2.08. The van der Waals surface area contributed by atoms with E-state index in [4.69, 9.17) is 22.1 Å². The number of hydrogen-bond acceptors (Lipinski definition) is 3. The first kappa shape index (κ1) is 14.2. The van der Waals surface area contributed by atoms with Crippen molar-refractivity contribution < 1.29 is 9.53 Å². The Labute approximate surface area is 122 Å². The van der Waals surface area contributed by atoms with Crippen LogP contribution in [-0.2, 0) is 0 Å². The first-order valence-electron chi connectivity index (χ1n) is 6.18. The topological polar surface area (TPSA) is 64.4 Å². The predicted octanol–water partition coefficient (Wildman–Crippen LogP) is 2.73. The van der Waals surface area contributed by atoms with E-state index in [1.807, 2.05) is 30.3 Å². The van der Waals surface area contributed by atoms with Gasteiger partial charge in [0, 0.05) is 5.56 Å². The van der Waals surface area contributed by atoms with E-state index in [9.17, 15) is 4.79 Å². The Balaban J connectivity index is 1.79. The number of nitrogens with two attached hydrogens (primary N) is 1. The van der Waals surface area contributed by atoms with Crippen molar-refractivity contribution >= 4 is 23.2 Å². The van der Waals surface area contributed by atoms with E-state index < -0.39 is 0 Å². The Morgan fingerprint density at radius 3 is 2.65 bits per heavy atom. The first-order valence-corrected chi connectivity index (χ1v) is 6.55. The van der Waals surface area contributed by atoms with Crippen LogP contribution in [0.4, 0.5) is 5.69 Å². The van der Waals surface area contributed by atoms with Crippen LogP contribution in [0.1, 0.15) is 10.4 Å². The Bertz CT molecular complexity index is 588. The quantitative estimate of drug-likeness (QED) is 0.657. The van der Waals surface area contributed by atoms with Gasteiger partial charge in [0.15, 0.2) is 0 Å². The monoisotopic (exact) mass is 290 g/mol. The van der Waals surface area contributed by atoms with Gasteiger partial charge >= 0.3 is 0 Å². The second kappa shape index (κ2) is 6.82. The molecule has 0 aliphatic rings. The summed E-state index contributed by atoms with van der Waals surface area (Å²) in [5, 5.41) is 3.13. The van der Waals surface area contributed by atoms with Gasteiger partial charge in [-0.15, -0.1) is 0 Å². The average Bonchev–Trinajstić information content (AvgIpc) is 2.47. The van der Waals surface area contributed by atoms with Crippen molar-refractivity contribution in [2.45, 2.75) is 0 Å². The maximum absolute atomic E-state index is 11.9. The van der Waals surface area contributed by atoms with Crippen LogP contribution >= 0.6 is 11.6 Å². The summed E-state index contributed by atoms with van der Waals surface area (Å²) in [6, 6.07) is 14.2. The van der Waals surface area contributed by atoms with E-state index in [2.05, 4.69) is 5.32 Å². The second-order valence-corrected chi connectivity index (χ2v) is 4.56. The number of carbonyl (C=O) groups is 1. The predicted molar refractivity (Wildman–Crippen MR) is 80.1 cm³/mol. The minimum absolute atomic E-state index is 0.205. The number of rotatable bonds is 5. The zero-order valence-corrected chi connectivity index (χ0v) is 11.6. The van der Waals surface area contributed by atoms with Gasteiger partial charge in [-0.05, 0) is 30.3 Å². The van der Waals surface area contributed by atoms with Crippen LogP contribution in [0.3, 0.4) is 0 Å². The molecule has 0 bridgehead atoms. The lowest BCUT2D eigenvalue weighted by molar-refractivity contribution is 0.0947. The zero-order chi connectivity index (χ0) is 14.4. The van der Waals surface area contributed by atoms with Crippen LogP contribution in [0, 0.1) is 0 Å². The molecule has 0 atom stereocenters. The lowest BCUT2D eigenvalue weighted by Crippen LogP contribution is -2.28. The molecule has 20 heavy (non-hydrogen) atoms. The third kappa shape index (κ3) is 3.90. The molecule has 0 unspecified atom stereocenters. The van der Waals surface area contributed by atoms with Gasteiger partial charge in [0.05, 0.1) is 17.3 Å². The normalized spacial score (nSPS) is 10.1. The van der Waals surface area contributed by atoms with Gasteiger partial charge < -0.3 is 15.8 Å². The van der Waals surface area contributed by atoms with Crippen LogP contribution in [0.2, 0.25) is 5.02 Å². The van der Waals surface area contributed by atoms with E-state index in [1.165, 1.54) is 0 Å². The van der Waals surface area contributed by atoms with Crippen molar-refractivity contribution in [1.82, 2.24) is 5.32 Å². The molecule has 0 spiro atoms. The number of anilines is 1. The number of benzene rings is 2. The van der Waals surface area contributed by atoms with E-state index in [-0.39, 0.29) is 5.91 Å². The summed E-state index contributed by atoms with van der Waals surface area (Å²) in [5.41, 5.74) is 6.52. The summed E-state index contributed by atoms with van der Waals surface area (Å²) < 4.78 is 5.47. The molecule has 1 amide bonds. The number of carbonyl (C=O) groups excluding carboxylic acids is 1. The molecule has 0 aliphatic carbocycles. The highest BCUT2D eigenvalue weighted by Gasteiger charge is 2.06. The Morgan fingerprint density at radius 2 is 1.95 bits per heavy atom. The Hall–Kier alpha value is -2.20. The molecular weight excluding hydrogens is 276 g/mol. The average molecular weight is 291 g/mol. The van der Waals surface area contributed by atoms with Crippen molar-refractivity contribution in [3.05, 3.63) is 59.1 Å². The van der Waals surface area contributed by atoms with E-state index in [1.54, 1.807) is 18.2 Å². The van der Waals surface area contributed by atoms with Crippen molar-refractivity contribution in [2.24, 2.45) is 0 Å². The third-order valence-corrected chi connectivity index (χ3v) is 2.99. The molecule has 4 nitrogen and oxygen atoms in total. The highest BCUT2D eigenvalue weighted by molar-refractivity contribution is 6.33. The highest BCUT2D eigenvalue weighted by atomic mass is 35.5. The molecule has 0 aromatic heterocycles. The summed E-state index contributed by atoms with van der Waals surface area (Å²) in [6.07, 6.45) is 0. The molecule has 0 saturated carbocycles. The number of nitrogens with one attached hydrogen (secondary N) is 1. The minimum atomic E-state index is -0.205. The van der Waals surface area contributed by atoms with Gasteiger partial charge in [-0.3, -0.25) is 4.79 Å². The van der Waals surface area contributed by atoms with Gasteiger partial charge in [-0.1, -0.05) is 29.8 Å². The van der Waals surface area contributed by atoms with E-state index in [0.717, 1.165) is 5.75 Å². The van der Waals surface area contributed by atoms with Gasteiger partial charge in [-0.2, -0.15) is 0 Å². The van der Waals surface area contributed by atoms with Crippen LogP contribution in [-0.4, -0.2) is 19.1 Å². The number of halogens is 1. The molecule has 0 aliphatic heterocycles. The van der Waals surface area contributed by atoms with Crippen molar-refractivity contribution in [3.8, 4) is 5.75 Å². The molecule has 2 aromatic carbocycles. The molecular formula is C15H15ClN2O2. The number of ether oxygens (including phenoxy) is 1. The smallest absolute Gasteiger partial charge is 0.251 e. The molecule has 0 saturated heterocycles. The van der Waals surface area contributed by atoms with Gasteiger partial charge in [0.1, 0.15) is 12.4 Å².